The van der Waals surface area contributed by atoms with E-state index in [9.17, 15) is 10.2 Å². The maximum Gasteiger partial charge on any atom is 0.122 e. The Morgan fingerprint density at radius 3 is 1.59 bits per heavy atom. The summed E-state index contributed by atoms with van der Waals surface area (Å²) in [6.45, 7) is 0. The summed E-state index contributed by atoms with van der Waals surface area (Å²) in [5, 5.41) is 24.1. The predicted molar refractivity (Wildman–Crippen MR) is 90.7 cm³/mol. The van der Waals surface area contributed by atoms with Crippen molar-refractivity contribution in [3.63, 3.8) is 0 Å². The minimum Gasteiger partial charge on any atom is -0.382 e. The number of allylic oxidation sites excluding steroid dienone is 4. The van der Waals surface area contributed by atoms with Crippen LogP contribution in [0.4, 0.5) is 0 Å². The largest absolute Gasteiger partial charge is 0.382 e. The molecule has 0 saturated heterocycles. The van der Waals surface area contributed by atoms with Gasteiger partial charge in [-0.3, -0.25) is 0 Å². The zero-order chi connectivity index (χ0) is 15.8. The van der Waals surface area contributed by atoms with E-state index in [2.05, 4.69) is 0 Å². The van der Waals surface area contributed by atoms with Crippen LogP contribution < -0.4 is 0 Å². The Morgan fingerprint density at radius 1 is 0.773 bits per heavy atom. The molecule has 0 heterocycles. The van der Waals surface area contributed by atoms with Gasteiger partial charge in [-0.2, -0.15) is 0 Å². The first-order valence-corrected chi connectivity index (χ1v) is 8.79. The maximum atomic E-state index is 11.4. The molecule has 22 heavy (non-hydrogen) atoms. The van der Waals surface area contributed by atoms with Gasteiger partial charge in [0.1, 0.15) is 11.2 Å². The summed E-state index contributed by atoms with van der Waals surface area (Å²) in [6.07, 6.45) is 16.5. The first-order chi connectivity index (χ1) is 10.5. The smallest absolute Gasteiger partial charge is 0.122 e. The topological polar surface area (TPSA) is 40.5 Å². The average Bonchev–Trinajstić information content (AvgIpc) is 2.49. The third-order valence-corrected chi connectivity index (χ3v) is 5.77. The molecule has 1 saturated carbocycles. The van der Waals surface area contributed by atoms with Crippen LogP contribution in [-0.4, -0.2) is 21.4 Å². The first-order valence-electron chi connectivity index (χ1n) is 8.03. The van der Waals surface area contributed by atoms with Crippen molar-refractivity contribution in [1.82, 2.24) is 0 Å². The lowest BCUT2D eigenvalue weighted by molar-refractivity contribution is -0.141. The highest BCUT2D eigenvalue weighted by atomic mass is 35.5. The highest BCUT2D eigenvalue weighted by Crippen LogP contribution is 2.48. The minimum absolute atomic E-state index is 0.189. The summed E-state index contributed by atoms with van der Waals surface area (Å²) in [4.78, 5) is 0. The summed E-state index contributed by atoms with van der Waals surface area (Å²) in [7, 11) is 0. The molecule has 0 spiro atoms. The number of rotatable bonds is 0. The van der Waals surface area contributed by atoms with Gasteiger partial charge in [-0.05, 0) is 37.1 Å². The summed E-state index contributed by atoms with van der Waals surface area (Å²) >= 11 is 12.3. The van der Waals surface area contributed by atoms with Crippen LogP contribution in [0, 0.1) is 11.8 Å². The highest BCUT2D eigenvalue weighted by Gasteiger charge is 2.55. The normalized spacial score (nSPS) is 42.0. The molecule has 0 aromatic carbocycles. The van der Waals surface area contributed by atoms with Crippen LogP contribution in [0.1, 0.15) is 38.5 Å². The molecule has 4 atom stereocenters. The molecule has 2 N–H and O–H groups in total. The van der Waals surface area contributed by atoms with E-state index in [0.29, 0.717) is 10.1 Å². The molecule has 0 aromatic heterocycles. The molecule has 3 aliphatic rings. The van der Waals surface area contributed by atoms with Gasteiger partial charge in [-0.25, -0.2) is 0 Å². The Hall–Kier alpha value is -0.540. The molecule has 4 heteroatoms. The van der Waals surface area contributed by atoms with Crippen molar-refractivity contribution in [1.29, 1.82) is 0 Å². The second-order valence-electron chi connectivity index (χ2n) is 6.63. The van der Waals surface area contributed by atoms with Gasteiger partial charge in [0.05, 0.1) is 0 Å². The second kappa shape index (κ2) is 6.16. The Bertz CT molecular complexity index is 513. The fourth-order valence-electron chi connectivity index (χ4n) is 3.96. The third-order valence-electron chi connectivity index (χ3n) is 5.27. The Morgan fingerprint density at radius 2 is 1.18 bits per heavy atom. The van der Waals surface area contributed by atoms with Crippen LogP contribution in [0.3, 0.4) is 0 Å². The SMILES string of the molecule is OC12C=CC(Cl)=CC1CCCCCCC1C=C(Cl)C=CC12O. The van der Waals surface area contributed by atoms with Gasteiger partial charge in [-0.1, -0.05) is 61.0 Å². The molecule has 3 rings (SSSR count). The van der Waals surface area contributed by atoms with Gasteiger partial charge in [0, 0.05) is 21.9 Å². The molecule has 0 aliphatic heterocycles. The van der Waals surface area contributed by atoms with Crippen LogP contribution >= 0.6 is 23.2 Å². The number of hydrogen-bond donors (Lipinski definition) is 2. The van der Waals surface area contributed by atoms with E-state index < -0.39 is 11.2 Å². The molecule has 2 nitrogen and oxygen atoms in total. The number of aliphatic hydroxyl groups is 2. The van der Waals surface area contributed by atoms with E-state index in [1.807, 2.05) is 12.2 Å². The Kier molecular flexibility index (Phi) is 4.57. The fraction of sp³-hybridized carbons (Fsp3) is 0.556. The van der Waals surface area contributed by atoms with Gasteiger partial charge in [0.25, 0.3) is 0 Å². The molecule has 3 aliphatic carbocycles. The third kappa shape index (κ3) is 2.71. The Balaban J connectivity index is 2.05. The van der Waals surface area contributed by atoms with E-state index >= 15 is 0 Å². The van der Waals surface area contributed by atoms with Gasteiger partial charge in [-0.15, -0.1) is 0 Å². The van der Waals surface area contributed by atoms with Crippen molar-refractivity contribution in [2.45, 2.75) is 49.7 Å². The first kappa shape index (κ1) is 16.3. The van der Waals surface area contributed by atoms with Crippen molar-refractivity contribution >= 4 is 23.2 Å². The zero-order valence-corrected chi connectivity index (χ0v) is 14.0. The molecule has 4 unspecified atom stereocenters. The van der Waals surface area contributed by atoms with Crippen LogP contribution in [0.15, 0.2) is 46.5 Å². The van der Waals surface area contributed by atoms with Crippen molar-refractivity contribution in [3.05, 3.63) is 46.5 Å². The molecule has 0 amide bonds. The summed E-state index contributed by atoms with van der Waals surface area (Å²) in [5.41, 5.74) is -2.70. The average molecular weight is 341 g/mol. The van der Waals surface area contributed by atoms with Gasteiger partial charge in [0.2, 0.25) is 0 Å². The molecule has 0 aromatic rings. The highest BCUT2D eigenvalue weighted by molar-refractivity contribution is 6.31. The molecule has 0 radical (unpaired) electrons. The van der Waals surface area contributed by atoms with Gasteiger partial charge < -0.3 is 10.2 Å². The van der Waals surface area contributed by atoms with Crippen LogP contribution in [0.2, 0.25) is 0 Å². The summed E-state index contributed by atoms with van der Waals surface area (Å²) in [6, 6.07) is 0. The minimum atomic E-state index is -1.35. The van der Waals surface area contributed by atoms with Crippen molar-refractivity contribution < 1.29 is 10.2 Å². The number of hydrogen-bond acceptors (Lipinski definition) is 2. The standard InChI is InChI=1S/C18H22Cl2O2/c19-15-7-9-17(21)13(11-15)5-3-1-2-4-6-14-12-16(20)8-10-18(14,17)22/h7-14,21-22H,1-6H2. The monoisotopic (exact) mass is 340 g/mol. The summed E-state index contributed by atoms with van der Waals surface area (Å²) < 4.78 is 0. The molecule has 120 valence electrons. The number of fused-ring (bicyclic) bond motifs is 3. The van der Waals surface area contributed by atoms with E-state index in [1.165, 1.54) is 0 Å². The predicted octanol–water partition coefficient (Wildman–Crippen LogP) is 4.42. The van der Waals surface area contributed by atoms with Crippen LogP contribution in [-0.2, 0) is 0 Å². The molecule has 1 fully saturated rings. The van der Waals surface area contributed by atoms with Crippen molar-refractivity contribution in [2.24, 2.45) is 11.8 Å². The van der Waals surface area contributed by atoms with Crippen LogP contribution in [0.5, 0.6) is 0 Å². The van der Waals surface area contributed by atoms with E-state index in [-0.39, 0.29) is 11.8 Å². The lowest BCUT2D eigenvalue weighted by Crippen LogP contribution is -2.61. The summed E-state index contributed by atoms with van der Waals surface area (Å²) in [5.74, 6) is -0.379. The van der Waals surface area contributed by atoms with Gasteiger partial charge in [0.15, 0.2) is 0 Å². The van der Waals surface area contributed by atoms with Crippen LogP contribution in [0.25, 0.3) is 0 Å². The fourth-order valence-corrected chi connectivity index (χ4v) is 4.39. The van der Waals surface area contributed by atoms with E-state index in [0.717, 1.165) is 38.5 Å². The quantitative estimate of drug-likeness (QED) is 0.685. The Labute approximate surface area is 141 Å². The van der Waals surface area contributed by atoms with Crippen molar-refractivity contribution in [3.8, 4) is 0 Å². The lowest BCUT2D eigenvalue weighted by atomic mass is 9.62. The maximum absolute atomic E-state index is 11.4. The zero-order valence-electron chi connectivity index (χ0n) is 12.5. The number of halogens is 2. The lowest BCUT2D eigenvalue weighted by Gasteiger charge is -2.50. The molecular weight excluding hydrogens is 319 g/mol. The molecule has 0 bridgehead atoms. The van der Waals surface area contributed by atoms with Crippen molar-refractivity contribution in [2.75, 3.05) is 0 Å². The van der Waals surface area contributed by atoms with E-state index in [4.69, 9.17) is 23.2 Å². The second-order valence-corrected chi connectivity index (χ2v) is 7.50. The molecular formula is C18H22Cl2O2. The van der Waals surface area contributed by atoms with Gasteiger partial charge >= 0.3 is 0 Å². The van der Waals surface area contributed by atoms with E-state index in [1.54, 1.807) is 24.3 Å².